The Kier molecular flexibility index (Phi) is 3.53. The van der Waals surface area contributed by atoms with E-state index >= 15 is 0 Å². The van der Waals surface area contributed by atoms with Gasteiger partial charge in [0.15, 0.2) is 0 Å². The van der Waals surface area contributed by atoms with Crippen LogP contribution in [0.3, 0.4) is 0 Å². The molecule has 0 spiro atoms. The summed E-state index contributed by atoms with van der Waals surface area (Å²) in [5, 5.41) is 12.9. The second kappa shape index (κ2) is 5.28. The van der Waals surface area contributed by atoms with Crippen molar-refractivity contribution in [2.45, 2.75) is 0 Å². The molecule has 3 nitrogen and oxygen atoms in total. The van der Waals surface area contributed by atoms with Crippen LogP contribution in [0, 0.1) is 11.3 Å². The second-order valence-electron chi connectivity index (χ2n) is 3.28. The van der Waals surface area contributed by atoms with E-state index in [1.165, 1.54) is 0 Å². The van der Waals surface area contributed by atoms with E-state index in [1.54, 1.807) is 18.4 Å². The van der Waals surface area contributed by atoms with Crippen LogP contribution in [0.15, 0.2) is 46.1 Å². The predicted molar refractivity (Wildman–Crippen MR) is 69.1 cm³/mol. The van der Waals surface area contributed by atoms with Crippen LogP contribution in [0.5, 0.6) is 5.75 Å². The number of hydrogen-bond acceptors (Lipinski definition) is 4. The number of rotatable bonds is 3. The maximum Gasteiger partial charge on any atom is 0.149 e. The largest absolute Gasteiger partial charge is 0.497 e. The number of thiophene rings is 1. The third kappa shape index (κ3) is 2.71. The molecule has 0 saturated heterocycles. The van der Waals surface area contributed by atoms with Crippen LogP contribution < -0.4 is 4.74 Å². The van der Waals surface area contributed by atoms with Gasteiger partial charge in [-0.2, -0.15) is 16.6 Å². The lowest BCUT2D eigenvalue weighted by atomic mass is 10.2. The summed E-state index contributed by atoms with van der Waals surface area (Å²) in [4.78, 5) is 4.30. The van der Waals surface area contributed by atoms with Gasteiger partial charge in [-0.05, 0) is 35.7 Å². The van der Waals surface area contributed by atoms with Gasteiger partial charge in [-0.15, -0.1) is 0 Å². The van der Waals surface area contributed by atoms with Gasteiger partial charge in [0.2, 0.25) is 0 Å². The summed E-state index contributed by atoms with van der Waals surface area (Å²) in [6.45, 7) is 0. The zero-order valence-electron chi connectivity index (χ0n) is 9.25. The summed E-state index contributed by atoms with van der Waals surface area (Å²) < 4.78 is 5.06. The number of hydrogen-bond donors (Lipinski definition) is 0. The fourth-order valence-electron chi connectivity index (χ4n) is 1.34. The Labute approximate surface area is 104 Å². The van der Waals surface area contributed by atoms with Gasteiger partial charge in [-0.3, -0.25) is 0 Å². The van der Waals surface area contributed by atoms with Crippen molar-refractivity contribution >= 4 is 22.7 Å². The van der Waals surface area contributed by atoms with Gasteiger partial charge in [0, 0.05) is 10.9 Å². The molecule has 0 aliphatic heterocycles. The van der Waals surface area contributed by atoms with Gasteiger partial charge in [0.1, 0.15) is 17.5 Å². The molecule has 0 fully saturated rings. The second-order valence-corrected chi connectivity index (χ2v) is 4.06. The van der Waals surface area contributed by atoms with Crippen molar-refractivity contribution in [1.29, 1.82) is 5.26 Å². The molecule has 1 aromatic carbocycles. The van der Waals surface area contributed by atoms with Crippen molar-refractivity contribution in [2.75, 3.05) is 7.11 Å². The Morgan fingerprint density at radius 3 is 2.59 bits per heavy atom. The minimum atomic E-state index is 0.427. The Hall–Kier alpha value is -2.12. The molecular weight excluding hydrogens is 232 g/mol. The van der Waals surface area contributed by atoms with Crippen molar-refractivity contribution < 1.29 is 4.74 Å². The van der Waals surface area contributed by atoms with Gasteiger partial charge in [-0.25, -0.2) is 4.99 Å². The first-order valence-electron chi connectivity index (χ1n) is 4.99. The summed E-state index contributed by atoms with van der Waals surface area (Å²) in [6, 6.07) is 11.3. The molecule has 1 heterocycles. The standard InChI is InChI=1S/C13H10N2OS/c1-16-12-4-2-11(3-5-12)15-13(8-14)10-6-7-17-9-10/h2-7,9H,1H3. The molecule has 2 rings (SSSR count). The summed E-state index contributed by atoms with van der Waals surface area (Å²) >= 11 is 1.55. The van der Waals surface area contributed by atoms with E-state index in [9.17, 15) is 0 Å². The molecule has 0 unspecified atom stereocenters. The quantitative estimate of drug-likeness (QED) is 0.774. The van der Waals surface area contributed by atoms with Crippen LogP contribution in [-0.2, 0) is 0 Å². The molecule has 4 heteroatoms. The molecule has 1 aromatic heterocycles. The average Bonchev–Trinajstić information content (AvgIpc) is 2.90. The normalized spacial score (nSPS) is 10.9. The first-order valence-corrected chi connectivity index (χ1v) is 5.93. The fourth-order valence-corrected chi connectivity index (χ4v) is 1.98. The highest BCUT2D eigenvalue weighted by molar-refractivity contribution is 7.08. The van der Waals surface area contributed by atoms with Gasteiger partial charge in [-0.1, -0.05) is 0 Å². The van der Waals surface area contributed by atoms with Crippen molar-refractivity contribution in [2.24, 2.45) is 4.99 Å². The molecule has 0 aliphatic rings. The molecule has 0 amide bonds. The van der Waals surface area contributed by atoms with Crippen LogP contribution in [0.2, 0.25) is 0 Å². The Morgan fingerprint density at radius 2 is 2.06 bits per heavy atom. The minimum absolute atomic E-state index is 0.427. The third-order valence-corrected chi connectivity index (χ3v) is 2.90. The van der Waals surface area contributed by atoms with Crippen LogP contribution in [0.1, 0.15) is 5.56 Å². The van der Waals surface area contributed by atoms with Crippen LogP contribution in [-0.4, -0.2) is 12.8 Å². The van der Waals surface area contributed by atoms with Crippen molar-refractivity contribution in [3.63, 3.8) is 0 Å². The van der Waals surface area contributed by atoms with E-state index in [1.807, 2.05) is 41.1 Å². The number of methoxy groups -OCH3 is 1. The molecule has 0 atom stereocenters. The first kappa shape index (κ1) is 11.4. The molecule has 2 aromatic rings. The average molecular weight is 242 g/mol. The SMILES string of the molecule is COc1ccc(N=C(C#N)c2ccsc2)cc1. The monoisotopic (exact) mass is 242 g/mol. The zero-order chi connectivity index (χ0) is 12.1. The lowest BCUT2D eigenvalue weighted by Crippen LogP contribution is -1.93. The van der Waals surface area contributed by atoms with E-state index < -0.39 is 0 Å². The molecule has 84 valence electrons. The number of nitrogens with zero attached hydrogens (tertiary/aromatic N) is 2. The van der Waals surface area contributed by atoms with Crippen LogP contribution in [0.4, 0.5) is 5.69 Å². The van der Waals surface area contributed by atoms with E-state index in [0.29, 0.717) is 5.71 Å². The number of benzene rings is 1. The predicted octanol–water partition coefficient (Wildman–Crippen LogP) is 3.40. The van der Waals surface area contributed by atoms with Gasteiger partial charge < -0.3 is 4.74 Å². The number of aliphatic imine (C=N–C) groups is 1. The van der Waals surface area contributed by atoms with Crippen molar-refractivity contribution in [3.05, 3.63) is 46.7 Å². The Bertz CT molecular complexity index is 550. The maximum atomic E-state index is 9.06. The lowest BCUT2D eigenvalue weighted by Gasteiger charge is -1.99. The topological polar surface area (TPSA) is 45.4 Å². The minimum Gasteiger partial charge on any atom is -0.497 e. The highest BCUT2D eigenvalue weighted by Crippen LogP contribution is 2.19. The van der Waals surface area contributed by atoms with E-state index in [-0.39, 0.29) is 0 Å². The highest BCUT2D eigenvalue weighted by Gasteiger charge is 2.02. The van der Waals surface area contributed by atoms with Gasteiger partial charge in [0.25, 0.3) is 0 Å². The lowest BCUT2D eigenvalue weighted by molar-refractivity contribution is 0.415. The van der Waals surface area contributed by atoms with E-state index in [0.717, 1.165) is 17.0 Å². The number of ether oxygens (including phenoxy) is 1. The fraction of sp³-hybridized carbons (Fsp3) is 0.0769. The van der Waals surface area contributed by atoms with Gasteiger partial charge >= 0.3 is 0 Å². The Balaban J connectivity index is 2.31. The van der Waals surface area contributed by atoms with Crippen LogP contribution in [0.25, 0.3) is 0 Å². The highest BCUT2D eigenvalue weighted by atomic mass is 32.1. The summed E-state index contributed by atoms with van der Waals surface area (Å²) in [7, 11) is 1.62. The number of nitriles is 1. The molecule has 0 aliphatic carbocycles. The molecule has 0 N–H and O–H groups in total. The van der Waals surface area contributed by atoms with Crippen molar-refractivity contribution in [1.82, 2.24) is 0 Å². The molecule has 17 heavy (non-hydrogen) atoms. The summed E-state index contributed by atoms with van der Waals surface area (Å²) in [5.41, 5.74) is 2.03. The van der Waals surface area contributed by atoms with Gasteiger partial charge in [0.05, 0.1) is 12.8 Å². The summed E-state index contributed by atoms with van der Waals surface area (Å²) in [6.07, 6.45) is 0. The first-order chi connectivity index (χ1) is 8.33. The summed E-state index contributed by atoms with van der Waals surface area (Å²) in [5.74, 6) is 0.776. The van der Waals surface area contributed by atoms with E-state index in [4.69, 9.17) is 10.00 Å². The van der Waals surface area contributed by atoms with Crippen LogP contribution >= 0.6 is 11.3 Å². The maximum absolute atomic E-state index is 9.06. The Morgan fingerprint density at radius 1 is 1.29 bits per heavy atom. The van der Waals surface area contributed by atoms with E-state index in [2.05, 4.69) is 11.1 Å². The van der Waals surface area contributed by atoms with Crippen molar-refractivity contribution in [3.8, 4) is 11.8 Å². The molecule has 0 bridgehead atoms. The smallest absolute Gasteiger partial charge is 0.149 e. The zero-order valence-corrected chi connectivity index (χ0v) is 10.1. The molecule has 0 saturated carbocycles. The molecular formula is C13H10N2OS. The third-order valence-electron chi connectivity index (χ3n) is 2.21. The molecule has 0 radical (unpaired) electrons.